The summed E-state index contributed by atoms with van der Waals surface area (Å²) >= 11 is 0. The van der Waals surface area contributed by atoms with E-state index < -0.39 is 0 Å². The Hall–Kier alpha value is -1.02. The molecule has 0 aromatic heterocycles. The standard InChI is InChI=1S/C15H25NO/c1-7-15(4,5)16(6)12(3)13-9-8-11(2)10-14(13)17/h8-10,12,17H,7H2,1-6H3. The lowest BCUT2D eigenvalue weighted by molar-refractivity contribution is 0.104. The fourth-order valence-electron chi connectivity index (χ4n) is 1.99. The zero-order valence-corrected chi connectivity index (χ0v) is 11.9. The number of phenolic OH excluding ortho intramolecular Hbond substituents is 1. The van der Waals surface area contributed by atoms with Crippen LogP contribution in [0.4, 0.5) is 0 Å². The predicted molar refractivity (Wildman–Crippen MR) is 73.4 cm³/mol. The number of phenols is 1. The van der Waals surface area contributed by atoms with Gasteiger partial charge in [-0.25, -0.2) is 0 Å². The summed E-state index contributed by atoms with van der Waals surface area (Å²) in [6.45, 7) is 10.8. The second-order valence-electron chi connectivity index (χ2n) is 5.52. The first kappa shape index (κ1) is 14.0. The van der Waals surface area contributed by atoms with Crippen LogP contribution in [0.3, 0.4) is 0 Å². The van der Waals surface area contributed by atoms with E-state index >= 15 is 0 Å². The Morgan fingerprint density at radius 3 is 2.41 bits per heavy atom. The van der Waals surface area contributed by atoms with Crippen LogP contribution in [0.1, 0.15) is 51.3 Å². The molecule has 1 aromatic rings. The van der Waals surface area contributed by atoms with Gasteiger partial charge in [0.1, 0.15) is 5.75 Å². The van der Waals surface area contributed by atoms with E-state index in [4.69, 9.17) is 0 Å². The topological polar surface area (TPSA) is 23.5 Å². The molecule has 0 fully saturated rings. The fourth-order valence-corrected chi connectivity index (χ4v) is 1.99. The summed E-state index contributed by atoms with van der Waals surface area (Å²) < 4.78 is 0. The number of benzene rings is 1. The number of hydrogen-bond acceptors (Lipinski definition) is 2. The maximum Gasteiger partial charge on any atom is 0.120 e. The van der Waals surface area contributed by atoms with Crippen molar-refractivity contribution in [1.82, 2.24) is 4.90 Å². The van der Waals surface area contributed by atoms with Crippen molar-refractivity contribution in [3.8, 4) is 5.75 Å². The van der Waals surface area contributed by atoms with E-state index in [1.54, 1.807) is 0 Å². The SMILES string of the molecule is CCC(C)(C)N(C)C(C)c1ccc(C)cc1O. The van der Waals surface area contributed by atoms with E-state index in [9.17, 15) is 5.11 Å². The van der Waals surface area contributed by atoms with Crippen LogP contribution in [-0.2, 0) is 0 Å². The van der Waals surface area contributed by atoms with Gasteiger partial charge in [0.25, 0.3) is 0 Å². The van der Waals surface area contributed by atoms with Crippen molar-refractivity contribution >= 4 is 0 Å². The van der Waals surface area contributed by atoms with Crippen molar-refractivity contribution in [2.75, 3.05) is 7.05 Å². The predicted octanol–water partition coefficient (Wildman–Crippen LogP) is 3.88. The van der Waals surface area contributed by atoms with Crippen molar-refractivity contribution in [2.45, 2.75) is 52.6 Å². The van der Waals surface area contributed by atoms with Gasteiger partial charge in [-0.2, -0.15) is 0 Å². The first-order chi connectivity index (χ1) is 7.79. The zero-order valence-electron chi connectivity index (χ0n) is 11.9. The summed E-state index contributed by atoms with van der Waals surface area (Å²) in [7, 11) is 2.12. The van der Waals surface area contributed by atoms with E-state index in [2.05, 4.69) is 45.7 Å². The Balaban J connectivity index is 3.00. The van der Waals surface area contributed by atoms with E-state index in [0.29, 0.717) is 5.75 Å². The molecular weight excluding hydrogens is 210 g/mol. The first-order valence-corrected chi connectivity index (χ1v) is 6.32. The summed E-state index contributed by atoms with van der Waals surface area (Å²) in [5.74, 6) is 0.399. The molecule has 1 unspecified atom stereocenters. The molecule has 17 heavy (non-hydrogen) atoms. The van der Waals surface area contributed by atoms with Gasteiger partial charge in [-0.15, -0.1) is 0 Å². The maximum atomic E-state index is 10.0. The number of aromatic hydroxyl groups is 1. The van der Waals surface area contributed by atoms with Gasteiger partial charge < -0.3 is 5.11 Å². The lowest BCUT2D eigenvalue weighted by atomic mass is 9.95. The van der Waals surface area contributed by atoms with Crippen molar-refractivity contribution < 1.29 is 5.11 Å². The molecule has 0 amide bonds. The Kier molecular flexibility index (Phi) is 4.21. The summed E-state index contributed by atoms with van der Waals surface area (Å²) in [4.78, 5) is 2.32. The van der Waals surface area contributed by atoms with Gasteiger partial charge in [0, 0.05) is 17.1 Å². The Morgan fingerprint density at radius 1 is 1.35 bits per heavy atom. The van der Waals surface area contributed by atoms with E-state index in [0.717, 1.165) is 17.5 Å². The molecule has 0 heterocycles. The van der Waals surface area contributed by atoms with Crippen LogP contribution >= 0.6 is 0 Å². The van der Waals surface area contributed by atoms with Crippen LogP contribution in [0.15, 0.2) is 18.2 Å². The molecule has 1 atom stereocenters. The number of rotatable bonds is 4. The molecule has 0 saturated carbocycles. The molecule has 0 aliphatic carbocycles. The quantitative estimate of drug-likeness (QED) is 0.856. The van der Waals surface area contributed by atoms with Crippen LogP contribution in [0, 0.1) is 6.92 Å². The minimum Gasteiger partial charge on any atom is -0.508 e. The molecule has 0 radical (unpaired) electrons. The van der Waals surface area contributed by atoms with E-state index in [-0.39, 0.29) is 11.6 Å². The molecule has 0 aliphatic rings. The van der Waals surface area contributed by atoms with Gasteiger partial charge in [0.15, 0.2) is 0 Å². The molecule has 0 saturated heterocycles. The third-order valence-electron chi connectivity index (χ3n) is 4.04. The molecule has 0 aliphatic heterocycles. The van der Waals surface area contributed by atoms with Gasteiger partial charge in [-0.05, 0) is 52.8 Å². The maximum absolute atomic E-state index is 10.0. The summed E-state index contributed by atoms with van der Waals surface area (Å²) in [6.07, 6.45) is 1.08. The van der Waals surface area contributed by atoms with Gasteiger partial charge >= 0.3 is 0 Å². The minimum atomic E-state index is 0.136. The minimum absolute atomic E-state index is 0.136. The molecule has 0 spiro atoms. The van der Waals surface area contributed by atoms with Crippen LogP contribution in [0.5, 0.6) is 5.75 Å². The van der Waals surface area contributed by atoms with Crippen LogP contribution in [0.25, 0.3) is 0 Å². The Labute approximate surface area is 105 Å². The highest BCUT2D eigenvalue weighted by Crippen LogP contribution is 2.33. The van der Waals surface area contributed by atoms with Gasteiger partial charge in [-0.3, -0.25) is 4.90 Å². The third kappa shape index (κ3) is 3.01. The monoisotopic (exact) mass is 235 g/mol. The smallest absolute Gasteiger partial charge is 0.120 e. The number of nitrogens with zero attached hydrogens (tertiary/aromatic N) is 1. The Bertz CT molecular complexity index is 385. The van der Waals surface area contributed by atoms with Crippen LogP contribution in [0.2, 0.25) is 0 Å². The second kappa shape index (κ2) is 5.09. The molecule has 2 nitrogen and oxygen atoms in total. The zero-order chi connectivity index (χ0) is 13.2. The lowest BCUT2D eigenvalue weighted by Crippen LogP contribution is -2.41. The van der Waals surface area contributed by atoms with Gasteiger partial charge in [0.2, 0.25) is 0 Å². The van der Waals surface area contributed by atoms with E-state index in [1.165, 1.54) is 0 Å². The molecule has 0 bridgehead atoms. The lowest BCUT2D eigenvalue weighted by Gasteiger charge is -2.39. The Morgan fingerprint density at radius 2 is 1.94 bits per heavy atom. The van der Waals surface area contributed by atoms with Crippen molar-refractivity contribution in [3.05, 3.63) is 29.3 Å². The molecule has 1 rings (SSSR count). The third-order valence-corrected chi connectivity index (χ3v) is 4.04. The van der Waals surface area contributed by atoms with Crippen molar-refractivity contribution in [2.24, 2.45) is 0 Å². The summed E-state index contributed by atoms with van der Waals surface area (Å²) in [6, 6.07) is 6.12. The molecule has 1 aromatic carbocycles. The van der Waals surface area contributed by atoms with Crippen molar-refractivity contribution in [1.29, 1.82) is 0 Å². The highest BCUT2D eigenvalue weighted by molar-refractivity contribution is 5.38. The average molecular weight is 235 g/mol. The van der Waals surface area contributed by atoms with E-state index in [1.807, 2.05) is 19.1 Å². The summed E-state index contributed by atoms with van der Waals surface area (Å²) in [5.41, 5.74) is 2.23. The van der Waals surface area contributed by atoms with Crippen LogP contribution < -0.4 is 0 Å². The van der Waals surface area contributed by atoms with Crippen molar-refractivity contribution in [3.63, 3.8) is 0 Å². The molecule has 1 N–H and O–H groups in total. The largest absolute Gasteiger partial charge is 0.508 e. The average Bonchev–Trinajstić information content (AvgIpc) is 2.27. The number of aryl methyl sites for hydroxylation is 1. The number of hydrogen-bond donors (Lipinski definition) is 1. The second-order valence-corrected chi connectivity index (χ2v) is 5.52. The van der Waals surface area contributed by atoms with Gasteiger partial charge in [-0.1, -0.05) is 19.1 Å². The molecule has 96 valence electrons. The summed E-state index contributed by atoms with van der Waals surface area (Å²) in [5, 5.41) is 10.0. The molecule has 2 heteroatoms. The highest BCUT2D eigenvalue weighted by atomic mass is 16.3. The fraction of sp³-hybridized carbons (Fsp3) is 0.600. The normalized spacial score (nSPS) is 14.1. The molecular formula is C15H25NO. The van der Waals surface area contributed by atoms with Crippen LogP contribution in [-0.4, -0.2) is 22.6 Å². The van der Waals surface area contributed by atoms with Gasteiger partial charge in [0.05, 0.1) is 0 Å². The first-order valence-electron chi connectivity index (χ1n) is 6.32. The highest BCUT2D eigenvalue weighted by Gasteiger charge is 2.27.